The normalized spacial score (nSPS) is 27.2. The zero-order valence-electron chi connectivity index (χ0n) is 14.1. The second kappa shape index (κ2) is 7.09. The van der Waals surface area contributed by atoms with Crippen LogP contribution in [0.5, 0.6) is 0 Å². The van der Waals surface area contributed by atoms with Gasteiger partial charge >= 0.3 is 5.97 Å². The molecule has 2 N–H and O–H groups in total. The highest BCUT2D eigenvalue weighted by Crippen LogP contribution is 2.46. The number of aliphatic hydroxyl groups is 1. The topological polar surface area (TPSA) is 81.1 Å². The van der Waals surface area contributed by atoms with Crippen molar-refractivity contribution < 1.29 is 19.8 Å². The molecule has 0 bridgehead atoms. The third kappa shape index (κ3) is 3.27. The second-order valence-electron chi connectivity index (χ2n) is 6.48. The third-order valence-electron chi connectivity index (χ3n) is 5.00. The first-order valence-corrected chi connectivity index (χ1v) is 8.17. The van der Waals surface area contributed by atoms with Gasteiger partial charge in [0, 0.05) is 24.7 Å². The minimum absolute atomic E-state index is 0.132. The number of likely N-dealkylation sites (tertiary alicyclic amines) is 1. The van der Waals surface area contributed by atoms with Gasteiger partial charge in [0.15, 0.2) is 0 Å². The van der Waals surface area contributed by atoms with E-state index in [1.807, 2.05) is 12.1 Å². The predicted molar refractivity (Wildman–Crippen MR) is 90.8 cm³/mol. The number of aliphatic carboxylic acids is 1. The monoisotopic (exact) mass is 354 g/mol. The van der Waals surface area contributed by atoms with E-state index in [0.717, 1.165) is 5.56 Å². The van der Waals surface area contributed by atoms with Crippen LogP contribution in [0.25, 0.3) is 0 Å². The summed E-state index contributed by atoms with van der Waals surface area (Å²) in [6, 6.07) is 6.75. The number of carboxylic acids is 1. The second-order valence-corrected chi connectivity index (χ2v) is 6.92. The van der Waals surface area contributed by atoms with Gasteiger partial charge in [-0.25, -0.2) is 0 Å². The van der Waals surface area contributed by atoms with Crippen LogP contribution in [0.3, 0.4) is 0 Å². The maximum Gasteiger partial charge on any atom is 0.323 e. The highest BCUT2D eigenvalue weighted by atomic mass is 35.5. The molecule has 0 aliphatic carbocycles. The van der Waals surface area contributed by atoms with Gasteiger partial charge in [-0.2, -0.15) is 0 Å². The van der Waals surface area contributed by atoms with Crippen molar-refractivity contribution in [3.05, 3.63) is 34.9 Å². The number of carbonyl (C=O) groups is 2. The van der Waals surface area contributed by atoms with Crippen molar-refractivity contribution in [2.45, 2.75) is 24.9 Å². The predicted octanol–water partition coefficient (Wildman–Crippen LogP) is 1.63. The van der Waals surface area contributed by atoms with E-state index < -0.39 is 17.4 Å². The van der Waals surface area contributed by atoms with Crippen molar-refractivity contribution in [3.8, 4) is 0 Å². The molecule has 1 saturated heterocycles. The minimum Gasteiger partial charge on any atom is -0.480 e. The van der Waals surface area contributed by atoms with Crippen LogP contribution in [-0.2, 0) is 9.59 Å². The van der Waals surface area contributed by atoms with E-state index in [2.05, 4.69) is 0 Å². The van der Waals surface area contributed by atoms with Crippen molar-refractivity contribution in [3.63, 3.8) is 0 Å². The third-order valence-corrected chi connectivity index (χ3v) is 5.25. The van der Waals surface area contributed by atoms with Crippen LogP contribution in [0.1, 0.15) is 24.9 Å². The van der Waals surface area contributed by atoms with E-state index in [1.165, 1.54) is 4.90 Å². The molecule has 1 aliphatic heterocycles. The number of carbonyl (C=O) groups excluding carboxylic acids is 1. The van der Waals surface area contributed by atoms with Gasteiger partial charge in [-0.3, -0.25) is 14.5 Å². The highest BCUT2D eigenvalue weighted by molar-refractivity contribution is 6.30. The van der Waals surface area contributed by atoms with Gasteiger partial charge in [0.05, 0.1) is 12.5 Å². The van der Waals surface area contributed by atoms with Crippen molar-refractivity contribution in [2.75, 3.05) is 27.2 Å². The quantitative estimate of drug-likeness (QED) is 0.840. The summed E-state index contributed by atoms with van der Waals surface area (Å²) in [4.78, 5) is 27.8. The molecule has 2 rings (SSSR count). The molecular weight excluding hydrogens is 332 g/mol. The number of carboxylic acid groups (broad SMARTS) is 1. The Labute approximate surface area is 146 Å². The van der Waals surface area contributed by atoms with E-state index in [4.69, 9.17) is 16.7 Å². The van der Waals surface area contributed by atoms with E-state index in [9.17, 15) is 14.7 Å². The largest absolute Gasteiger partial charge is 0.480 e. The van der Waals surface area contributed by atoms with Gasteiger partial charge in [-0.1, -0.05) is 23.7 Å². The Bertz CT molecular complexity index is 622. The first kappa shape index (κ1) is 18.7. The molecule has 24 heavy (non-hydrogen) atoms. The highest BCUT2D eigenvalue weighted by Gasteiger charge is 2.54. The number of aliphatic hydroxyl groups excluding tert-OH is 1. The molecule has 1 aliphatic rings. The SMILES string of the molecule is CN(CCO)C(=O)[C@@H]1C[C@](C)(C(=O)O)N(C)[C@@H]1c1ccc(Cl)cc1. The van der Waals surface area contributed by atoms with Crippen molar-refractivity contribution in [1.82, 2.24) is 9.80 Å². The van der Waals surface area contributed by atoms with E-state index in [1.54, 1.807) is 38.1 Å². The molecular formula is C17H23ClN2O4. The summed E-state index contributed by atoms with van der Waals surface area (Å²) in [7, 11) is 3.35. The van der Waals surface area contributed by atoms with Crippen LogP contribution < -0.4 is 0 Å². The Morgan fingerprint density at radius 3 is 2.46 bits per heavy atom. The number of hydrogen-bond donors (Lipinski definition) is 2. The van der Waals surface area contributed by atoms with Gasteiger partial charge in [0.1, 0.15) is 5.54 Å². The maximum absolute atomic E-state index is 12.8. The summed E-state index contributed by atoms with van der Waals surface area (Å²) in [5, 5.41) is 19.3. The van der Waals surface area contributed by atoms with Crippen LogP contribution in [0, 0.1) is 5.92 Å². The summed E-state index contributed by atoms with van der Waals surface area (Å²) in [6.07, 6.45) is 0.209. The molecule has 0 saturated carbocycles. The molecule has 1 amide bonds. The lowest BCUT2D eigenvalue weighted by Gasteiger charge is -2.32. The van der Waals surface area contributed by atoms with Crippen molar-refractivity contribution in [1.29, 1.82) is 0 Å². The standard InChI is InChI=1S/C17H23ClN2O4/c1-17(16(23)24)10-13(15(22)19(2)8-9-21)14(20(17)3)11-4-6-12(18)7-5-11/h4-7,13-14,21H,8-10H2,1-3H3,(H,23,24)/t13-,14-,17-/m1/s1. The molecule has 0 spiro atoms. The first-order valence-electron chi connectivity index (χ1n) is 7.80. The molecule has 0 unspecified atom stereocenters. The Morgan fingerprint density at radius 2 is 1.96 bits per heavy atom. The number of amides is 1. The Kier molecular flexibility index (Phi) is 5.52. The Balaban J connectivity index is 2.43. The van der Waals surface area contributed by atoms with Crippen LogP contribution in [-0.4, -0.2) is 64.7 Å². The number of hydrogen-bond acceptors (Lipinski definition) is 4. The Morgan fingerprint density at radius 1 is 1.38 bits per heavy atom. The molecule has 0 aromatic heterocycles. The zero-order valence-corrected chi connectivity index (χ0v) is 14.8. The maximum atomic E-state index is 12.8. The van der Waals surface area contributed by atoms with Crippen LogP contribution in [0.2, 0.25) is 5.02 Å². The molecule has 6 nitrogen and oxygen atoms in total. The molecule has 1 aromatic rings. The zero-order chi connectivity index (χ0) is 18.1. The average Bonchev–Trinajstić information content (AvgIpc) is 2.81. The van der Waals surface area contributed by atoms with Gasteiger partial charge in [0.25, 0.3) is 0 Å². The molecule has 7 heteroatoms. The van der Waals surface area contributed by atoms with Gasteiger partial charge < -0.3 is 15.1 Å². The molecule has 1 aromatic carbocycles. The van der Waals surface area contributed by atoms with E-state index >= 15 is 0 Å². The van der Waals surface area contributed by atoms with Crippen LogP contribution in [0.4, 0.5) is 0 Å². The van der Waals surface area contributed by atoms with Crippen LogP contribution in [0.15, 0.2) is 24.3 Å². The smallest absolute Gasteiger partial charge is 0.323 e. The fraction of sp³-hybridized carbons (Fsp3) is 0.529. The van der Waals surface area contributed by atoms with Crippen LogP contribution >= 0.6 is 11.6 Å². The fourth-order valence-electron chi connectivity index (χ4n) is 3.38. The lowest BCUT2D eigenvalue weighted by molar-refractivity contribution is -0.148. The van der Waals surface area contributed by atoms with Crippen molar-refractivity contribution in [2.24, 2.45) is 5.92 Å². The number of benzene rings is 1. The summed E-state index contributed by atoms with van der Waals surface area (Å²) in [6.45, 7) is 1.72. The number of rotatable bonds is 5. The number of nitrogens with zero attached hydrogens (tertiary/aromatic N) is 2. The van der Waals surface area contributed by atoms with Gasteiger partial charge in [0.2, 0.25) is 5.91 Å². The summed E-state index contributed by atoms with van der Waals surface area (Å²) in [5.41, 5.74) is -0.285. The van der Waals surface area contributed by atoms with E-state index in [0.29, 0.717) is 5.02 Å². The number of halogens is 1. The fourth-order valence-corrected chi connectivity index (χ4v) is 3.51. The van der Waals surface area contributed by atoms with Gasteiger partial charge in [-0.05, 0) is 38.1 Å². The molecule has 3 atom stereocenters. The molecule has 1 heterocycles. The Hall–Kier alpha value is -1.63. The lowest BCUT2D eigenvalue weighted by Crippen LogP contribution is -2.46. The lowest BCUT2D eigenvalue weighted by atomic mass is 9.89. The minimum atomic E-state index is -1.13. The summed E-state index contributed by atoms with van der Waals surface area (Å²) >= 11 is 5.94. The first-order chi connectivity index (χ1) is 11.2. The van der Waals surface area contributed by atoms with Gasteiger partial charge in [-0.15, -0.1) is 0 Å². The van der Waals surface area contributed by atoms with E-state index in [-0.39, 0.29) is 31.5 Å². The molecule has 132 valence electrons. The summed E-state index contributed by atoms with van der Waals surface area (Å²) < 4.78 is 0. The molecule has 1 fully saturated rings. The van der Waals surface area contributed by atoms with Crippen molar-refractivity contribution >= 4 is 23.5 Å². The number of likely N-dealkylation sites (N-methyl/N-ethyl adjacent to an activating group) is 2. The average molecular weight is 355 g/mol. The molecule has 0 radical (unpaired) electrons. The summed E-state index contributed by atoms with van der Waals surface area (Å²) in [5.74, 6) is -1.63.